The fraction of sp³-hybridized carbons (Fsp3) is 0.700. The predicted octanol–water partition coefficient (Wildman–Crippen LogP) is 0.0195. The first-order valence-corrected chi connectivity index (χ1v) is 5.63. The Hall–Kier alpha value is -1.59. The van der Waals surface area contributed by atoms with E-state index < -0.39 is 0 Å². The van der Waals surface area contributed by atoms with E-state index in [0.29, 0.717) is 12.5 Å². The molecule has 0 bridgehead atoms. The first-order valence-electron chi connectivity index (χ1n) is 5.63. The van der Waals surface area contributed by atoms with Gasteiger partial charge in [0.1, 0.15) is 0 Å². The van der Waals surface area contributed by atoms with Gasteiger partial charge in [0.25, 0.3) is 0 Å². The van der Waals surface area contributed by atoms with Crippen molar-refractivity contribution in [2.24, 2.45) is 23.7 Å². The number of nitrogens with two attached hydrogens (primary N) is 1. The molecule has 1 aromatic heterocycles. The van der Waals surface area contributed by atoms with Crippen molar-refractivity contribution in [1.82, 2.24) is 20.3 Å². The molecule has 0 spiro atoms. The maximum Gasteiger partial charge on any atom is 0.188 e. The molecule has 0 aliphatic heterocycles. The lowest BCUT2D eigenvalue weighted by molar-refractivity contribution is 0.315. The van der Waals surface area contributed by atoms with Gasteiger partial charge < -0.3 is 11.1 Å². The molecule has 0 amide bonds. The van der Waals surface area contributed by atoms with E-state index in [4.69, 9.17) is 5.73 Å². The highest BCUT2D eigenvalue weighted by Gasteiger charge is 2.16. The number of hydrogen-bond acceptors (Lipinski definition) is 3. The fourth-order valence-electron chi connectivity index (χ4n) is 1.62. The molecular weight excluding hydrogens is 204 g/mol. The molecule has 1 aliphatic carbocycles. The summed E-state index contributed by atoms with van der Waals surface area (Å²) in [5.41, 5.74) is 6.71. The van der Waals surface area contributed by atoms with Gasteiger partial charge in [0.2, 0.25) is 0 Å². The van der Waals surface area contributed by atoms with E-state index in [1.807, 2.05) is 7.05 Å². The highest BCUT2D eigenvalue weighted by Crippen LogP contribution is 2.24. The van der Waals surface area contributed by atoms with Gasteiger partial charge in [-0.2, -0.15) is 0 Å². The van der Waals surface area contributed by atoms with E-state index in [1.165, 1.54) is 19.3 Å². The van der Waals surface area contributed by atoms with E-state index in [-0.39, 0.29) is 0 Å². The zero-order valence-electron chi connectivity index (χ0n) is 9.56. The Kier molecular flexibility index (Phi) is 3.38. The first-order chi connectivity index (χ1) is 7.75. The van der Waals surface area contributed by atoms with Crippen LogP contribution in [0.4, 0.5) is 0 Å². The fourth-order valence-corrected chi connectivity index (χ4v) is 1.62. The van der Waals surface area contributed by atoms with E-state index in [0.717, 1.165) is 18.2 Å². The highest BCUT2D eigenvalue weighted by molar-refractivity contribution is 5.77. The average Bonchev–Trinajstić information content (AvgIpc) is 2.59. The Balaban J connectivity index is 1.75. The van der Waals surface area contributed by atoms with E-state index in [1.54, 1.807) is 10.9 Å². The molecule has 16 heavy (non-hydrogen) atoms. The maximum atomic E-state index is 5.76. The summed E-state index contributed by atoms with van der Waals surface area (Å²) in [6, 6.07) is 0. The van der Waals surface area contributed by atoms with Crippen LogP contribution in [0.1, 0.15) is 25.0 Å². The monoisotopic (exact) mass is 222 g/mol. The molecule has 1 aromatic rings. The molecule has 1 fully saturated rings. The van der Waals surface area contributed by atoms with E-state index >= 15 is 0 Å². The van der Waals surface area contributed by atoms with Crippen LogP contribution in [0.25, 0.3) is 0 Å². The summed E-state index contributed by atoms with van der Waals surface area (Å²) in [6.07, 6.45) is 5.67. The number of aryl methyl sites for hydroxylation is 1. The number of rotatable bonds is 4. The quantitative estimate of drug-likeness (QED) is 0.556. The third-order valence-electron chi connectivity index (χ3n) is 3.02. The second kappa shape index (κ2) is 4.96. The van der Waals surface area contributed by atoms with Crippen LogP contribution >= 0.6 is 0 Å². The Morgan fingerprint density at radius 2 is 2.50 bits per heavy atom. The molecule has 1 aliphatic rings. The van der Waals surface area contributed by atoms with Gasteiger partial charge in [0.05, 0.1) is 18.4 Å². The zero-order chi connectivity index (χ0) is 11.4. The summed E-state index contributed by atoms with van der Waals surface area (Å²) in [7, 11) is 1.84. The summed E-state index contributed by atoms with van der Waals surface area (Å²) in [5, 5.41) is 10.8. The molecule has 0 unspecified atom stereocenters. The van der Waals surface area contributed by atoms with Crippen LogP contribution in [0.15, 0.2) is 11.2 Å². The van der Waals surface area contributed by atoms with Gasteiger partial charge >= 0.3 is 0 Å². The summed E-state index contributed by atoms with van der Waals surface area (Å²) in [5.74, 6) is 1.29. The predicted molar refractivity (Wildman–Crippen MR) is 61.7 cm³/mol. The summed E-state index contributed by atoms with van der Waals surface area (Å²) in [4.78, 5) is 4.24. The van der Waals surface area contributed by atoms with E-state index in [2.05, 4.69) is 20.6 Å². The minimum Gasteiger partial charge on any atom is -0.370 e. The van der Waals surface area contributed by atoms with Gasteiger partial charge in [-0.15, -0.1) is 5.10 Å². The van der Waals surface area contributed by atoms with Crippen LogP contribution < -0.4 is 11.1 Å². The third kappa shape index (κ3) is 2.71. The number of aromatic nitrogens is 3. The van der Waals surface area contributed by atoms with Gasteiger partial charge in [0, 0.05) is 13.6 Å². The lowest BCUT2D eigenvalue weighted by atomic mass is 9.85. The number of hydrogen-bond donors (Lipinski definition) is 2. The Labute approximate surface area is 94.9 Å². The topological polar surface area (TPSA) is 81.1 Å². The van der Waals surface area contributed by atoms with Crippen molar-refractivity contribution < 1.29 is 0 Å². The Morgan fingerprint density at radius 3 is 3.06 bits per heavy atom. The zero-order valence-corrected chi connectivity index (χ0v) is 9.56. The van der Waals surface area contributed by atoms with Crippen molar-refractivity contribution in [3.63, 3.8) is 0 Å². The lowest BCUT2D eigenvalue weighted by Crippen LogP contribution is -2.37. The number of guanidine groups is 1. The molecule has 0 atom stereocenters. The van der Waals surface area contributed by atoms with E-state index in [9.17, 15) is 0 Å². The smallest absolute Gasteiger partial charge is 0.188 e. The van der Waals surface area contributed by atoms with Gasteiger partial charge in [0.15, 0.2) is 5.96 Å². The highest BCUT2D eigenvalue weighted by atomic mass is 15.4. The van der Waals surface area contributed by atoms with Gasteiger partial charge in [-0.25, -0.2) is 4.99 Å². The average molecular weight is 222 g/mol. The van der Waals surface area contributed by atoms with Gasteiger partial charge in [-0.1, -0.05) is 11.6 Å². The molecule has 2 rings (SSSR count). The minimum absolute atomic E-state index is 0.508. The molecule has 0 saturated heterocycles. The van der Waals surface area contributed by atoms with Crippen LogP contribution in [0, 0.1) is 5.92 Å². The molecule has 1 heterocycles. The number of nitrogens with zero attached hydrogens (tertiary/aromatic N) is 4. The second-order valence-corrected chi connectivity index (χ2v) is 4.23. The van der Waals surface area contributed by atoms with Crippen molar-refractivity contribution >= 4 is 5.96 Å². The van der Waals surface area contributed by atoms with Crippen molar-refractivity contribution in [3.8, 4) is 0 Å². The number of aliphatic imine (C=N–C) groups is 1. The van der Waals surface area contributed by atoms with Crippen LogP contribution in [0.5, 0.6) is 0 Å². The van der Waals surface area contributed by atoms with Crippen LogP contribution in [0.2, 0.25) is 0 Å². The Morgan fingerprint density at radius 1 is 1.69 bits per heavy atom. The second-order valence-electron chi connectivity index (χ2n) is 4.23. The van der Waals surface area contributed by atoms with Crippen LogP contribution in [0.3, 0.4) is 0 Å². The molecule has 6 heteroatoms. The normalized spacial score (nSPS) is 17.2. The SMILES string of the molecule is Cn1nncc1CN=C(N)NCC1CCC1. The van der Waals surface area contributed by atoms with Crippen molar-refractivity contribution in [3.05, 3.63) is 11.9 Å². The molecule has 6 nitrogen and oxygen atoms in total. The standard InChI is InChI=1S/C10H18N6/c1-16-9(7-14-15-16)6-13-10(11)12-5-8-3-2-4-8/h7-8H,2-6H2,1H3,(H3,11,12,13). The van der Waals surface area contributed by atoms with Gasteiger partial charge in [-0.3, -0.25) is 4.68 Å². The van der Waals surface area contributed by atoms with Crippen molar-refractivity contribution in [2.75, 3.05) is 6.54 Å². The maximum absolute atomic E-state index is 5.76. The van der Waals surface area contributed by atoms with Crippen LogP contribution in [-0.4, -0.2) is 27.5 Å². The van der Waals surface area contributed by atoms with Crippen molar-refractivity contribution in [2.45, 2.75) is 25.8 Å². The molecule has 3 N–H and O–H groups in total. The number of nitrogens with one attached hydrogen (secondary N) is 1. The molecule has 0 radical (unpaired) electrons. The molecular formula is C10H18N6. The first kappa shape index (κ1) is 10.9. The summed E-state index contributed by atoms with van der Waals surface area (Å²) >= 11 is 0. The molecule has 88 valence electrons. The largest absolute Gasteiger partial charge is 0.370 e. The summed E-state index contributed by atoms with van der Waals surface area (Å²) < 4.78 is 1.70. The molecule has 1 saturated carbocycles. The minimum atomic E-state index is 0.508. The Bertz CT molecular complexity index is 365. The molecule has 0 aromatic carbocycles. The lowest BCUT2D eigenvalue weighted by Gasteiger charge is -2.25. The summed E-state index contributed by atoms with van der Waals surface area (Å²) in [6.45, 7) is 1.46. The third-order valence-corrected chi connectivity index (χ3v) is 3.02. The van der Waals surface area contributed by atoms with Gasteiger partial charge in [-0.05, 0) is 18.8 Å². The van der Waals surface area contributed by atoms with Crippen LogP contribution in [-0.2, 0) is 13.6 Å². The van der Waals surface area contributed by atoms with Crippen molar-refractivity contribution in [1.29, 1.82) is 0 Å².